The zero-order chi connectivity index (χ0) is 14.0. The highest BCUT2D eigenvalue weighted by molar-refractivity contribution is 5.67. The number of β-amino-alcohol motifs (C(OH)–C–C–N with tert-alkyl or cyclic N) is 1. The molecule has 1 saturated heterocycles. The summed E-state index contributed by atoms with van der Waals surface area (Å²) in [5.74, 6) is -0.304. The summed E-state index contributed by atoms with van der Waals surface area (Å²) in [6.07, 6.45) is 0. The molecule has 0 aliphatic carbocycles. The van der Waals surface area contributed by atoms with Crippen LogP contribution in [0, 0.1) is 5.82 Å². The van der Waals surface area contributed by atoms with E-state index in [4.69, 9.17) is 5.73 Å². The van der Waals surface area contributed by atoms with E-state index in [2.05, 4.69) is 9.80 Å². The van der Waals surface area contributed by atoms with Crippen LogP contribution < -0.4 is 10.6 Å². The minimum atomic E-state index is -0.670. The maximum absolute atomic E-state index is 13.0. The molecule has 0 spiro atoms. The summed E-state index contributed by atoms with van der Waals surface area (Å²) >= 11 is 0. The minimum absolute atomic E-state index is 0.304. The van der Waals surface area contributed by atoms with Crippen molar-refractivity contribution in [2.45, 2.75) is 19.4 Å². The second-order valence-corrected chi connectivity index (χ2v) is 5.78. The van der Waals surface area contributed by atoms with Crippen molar-refractivity contribution in [1.82, 2.24) is 4.90 Å². The van der Waals surface area contributed by atoms with Gasteiger partial charge in [0, 0.05) is 32.7 Å². The van der Waals surface area contributed by atoms with Crippen LogP contribution in [0.2, 0.25) is 0 Å². The molecule has 106 valence electrons. The monoisotopic (exact) mass is 267 g/mol. The van der Waals surface area contributed by atoms with Gasteiger partial charge in [-0.25, -0.2) is 4.39 Å². The van der Waals surface area contributed by atoms with E-state index in [1.54, 1.807) is 6.07 Å². The van der Waals surface area contributed by atoms with Gasteiger partial charge in [-0.05, 0) is 32.0 Å². The van der Waals surface area contributed by atoms with Gasteiger partial charge in [0.2, 0.25) is 0 Å². The van der Waals surface area contributed by atoms with Gasteiger partial charge >= 0.3 is 0 Å². The standard InChI is InChI=1S/C14H22FN3O/c1-14(2,19)10-17-5-7-18(8-6-17)13-4-3-11(15)9-12(13)16/h3-4,9,19H,5-8,10,16H2,1-2H3. The molecule has 1 aromatic rings. The molecule has 1 fully saturated rings. The summed E-state index contributed by atoms with van der Waals surface area (Å²) in [4.78, 5) is 4.39. The summed E-state index contributed by atoms with van der Waals surface area (Å²) in [7, 11) is 0. The number of nitrogens with zero attached hydrogens (tertiary/aromatic N) is 2. The Balaban J connectivity index is 1.96. The zero-order valence-corrected chi connectivity index (χ0v) is 11.6. The summed E-state index contributed by atoms with van der Waals surface area (Å²) < 4.78 is 13.0. The highest BCUT2D eigenvalue weighted by Crippen LogP contribution is 2.25. The third-order valence-electron chi connectivity index (χ3n) is 3.31. The second kappa shape index (κ2) is 5.35. The van der Waals surface area contributed by atoms with Gasteiger partial charge < -0.3 is 15.7 Å². The predicted molar refractivity (Wildman–Crippen MR) is 75.8 cm³/mol. The lowest BCUT2D eigenvalue weighted by atomic mass is 10.1. The second-order valence-electron chi connectivity index (χ2n) is 5.78. The van der Waals surface area contributed by atoms with Gasteiger partial charge in [0.15, 0.2) is 0 Å². The first kappa shape index (κ1) is 14.1. The first-order valence-corrected chi connectivity index (χ1v) is 6.60. The number of rotatable bonds is 3. The van der Waals surface area contributed by atoms with E-state index in [-0.39, 0.29) is 5.82 Å². The van der Waals surface area contributed by atoms with Crippen LogP contribution in [0.4, 0.5) is 15.8 Å². The number of aliphatic hydroxyl groups is 1. The molecule has 0 bridgehead atoms. The van der Waals surface area contributed by atoms with Crippen molar-refractivity contribution in [2.75, 3.05) is 43.4 Å². The van der Waals surface area contributed by atoms with Crippen molar-refractivity contribution in [3.05, 3.63) is 24.0 Å². The molecule has 2 rings (SSSR count). The maximum atomic E-state index is 13.0. The molecule has 1 aliphatic heterocycles. The largest absolute Gasteiger partial charge is 0.397 e. The van der Waals surface area contributed by atoms with Crippen LogP contribution in [-0.2, 0) is 0 Å². The molecular weight excluding hydrogens is 245 g/mol. The third-order valence-corrected chi connectivity index (χ3v) is 3.31. The number of halogens is 1. The molecule has 5 heteroatoms. The van der Waals surface area contributed by atoms with Crippen LogP contribution in [0.25, 0.3) is 0 Å². The molecule has 0 amide bonds. The van der Waals surface area contributed by atoms with Crippen LogP contribution in [0.1, 0.15) is 13.8 Å². The van der Waals surface area contributed by atoms with Crippen molar-refractivity contribution in [1.29, 1.82) is 0 Å². The number of anilines is 2. The molecule has 0 aromatic heterocycles. The lowest BCUT2D eigenvalue weighted by Crippen LogP contribution is -2.50. The average molecular weight is 267 g/mol. The molecule has 1 aromatic carbocycles. The fraction of sp³-hybridized carbons (Fsp3) is 0.571. The van der Waals surface area contributed by atoms with E-state index in [1.165, 1.54) is 12.1 Å². The Morgan fingerprint density at radius 1 is 1.26 bits per heavy atom. The number of nitrogen functional groups attached to an aromatic ring is 1. The van der Waals surface area contributed by atoms with Crippen molar-refractivity contribution in [2.24, 2.45) is 0 Å². The van der Waals surface area contributed by atoms with Crippen molar-refractivity contribution in [3.8, 4) is 0 Å². The van der Waals surface area contributed by atoms with Crippen LogP contribution in [0.5, 0.6) is 0 Å². The molecule has 0 atom stereocenters. The molecule has 0 unspecified atom stereocenters. The number of hydrogen-bond donors (Lipinski definition) is 2. The highest BCUT2D eigenvalue weighted by Gasteiger charge is 2.23. The van der Waals surface area contributed by atoms with Crippen LogP contribution in [0.15, 0.2) is 18.2 Å². The SMILES string of the molecule is CC(C)(O)CN1CCN(c2ccc(F)cc2N)CC1. The summed E-state index contributed by atoms with van der Waals surface area (Å²) in [5, 5.41) is 9.81. The lowest BCUT2D eigenvalue weighted by molar-refractivity contribution is 0.0345. The van der Waals surface area contributed by atoms with Gasteiger partial charge in [0.25, 0.3) is 0 Å². The van der Waals surface area contributed by atoms with Crippen LogP contribution in [-0.4, -0.2) is 48.3 Å². The van der Waals surface area contributed by atoms with Crippen molar-refractivity contribution >= 4 is 11.4 Å². The van der Waals surface area contributed by atoms with Crippen LogP contribution in [0.3, 0.4) is 0 Å². The quantitative estimate of drug-likeness (QED) is 0.811. The number of piperazine rings is 1. The Morgan fingerprint density at radius 3 is 2.42 bits per heavy atom. The summed E-state index contributed by atoms with van der Waals surface area (Å²) in [6.45, 7) is 7.73. The van der Waals surface area contributed by atoms with Crippen molar-refractivity contribution in [3.63, 3.8) is 0 Å². The Morgan fingerprint density at radius 2 is 1.89 bits per heavy atom. The maximum Gasteiger partial charge on any atom is 0.125 e. The summed E-state index contributed by atoms with van der Waals surface area (Å²) in [5.41, 5.74) is 6.56. The number of nitrogens with two attached hydrogens (primary N) is 1. The van der Waals surface area contributed by atoms with E-state index >= 15 is 0 Å². The Bertz CT molecular complexity index is 437. The van der Waals surface area contributed by atoms with Gasteiger partial charge in [-0.15, -0.1) is 0 Å². The molecular formula is C14H22FN3O. The predicted octanol–water partition coefficient (Wildman–Crippen LogP) is 1.30. The molecule has 1 aliphatic rings. The number of hydrogen-bond acceptors (Lipinski definition) is 4. The Kier molecular flexibility index (Phi) is 3.96. The normalized spacial score (nSPS) is 17.8. The highest BCUT2D eigenvalue weighted by atomic mass is 19.1. The lowest BCUT2D eigenvalue weighted by Gasteiger charge is -2.38. The molecule has 19 heavy (non-hydrogen) atoms. The van der Waals surface area contributed by atoms with Gasteiger partial charge in [-0.1, -0.05) is 0 Å². The van der Waals surface area contributed by atoms with Gasteiger partial charge in [-0.3, -0.25) is 4.90 Å². The fourth-order valence-corrected chi connectivity index (χ4v) is 2.51. The zero-order valence-electron chi connectivity index (χ0n) is 11.6. The van der Waals surface area contributed by atoms with E-state index in [0.29, 0.717) is 12.2 Å². The molecule has 3 N–H and O–H groups in total. The van der Waals surface area contributed by atoms with Gasteiger partial charge in [-0.2, -0.15) is 0 Å². The molecule has 0 saturated carbocycles. The van der Waals surface area contributed by atoms with E-state index in [0.717, 1.165) is 31.9 Å². The number of benzene rings is 1. The Labute approximate surface area is 113 Å². The average Bonchev–Trinajstić information content (AvgIpc) is 2.28. The van der Waals surface area contributed by atoms with E-state index in [1.807, 2.05) is 13.8 Å². The molecule has 0 radical (unpaired) electrons. The first-order chi connectivity index (χ1) is 8.85. The summed E-state index contributed by atoms with van der Waals surface area (Å²) in [6, 6.07) is 4.53. The third kappa shape index (κ3) is 3.81. The van der Waals surface area contributed by atoms with Crippen molar-refractivity contribution < 1.29 is 9.50 Å². The topological polar surface area (TPSA) is 52.7 Å². The van der Waals surface area contributed by atoms with E-state index in [9.17, 15) is 9.50 Å². The first-order valence-electron chi connectivity index (χ1n) is 6.60. The van der Waals surface area contributed by atoms with Gasteiger partial charge in [0.05, 0.1) is 17.0 Å². The van der Waals surface area contributed by atoms with Gasteiger partial charge in [0.1, 0.15) is 5.82 Å². The van der Waals surface area contributed by atoms with E-state index < -0.39 is 5.60 Å². The smallest absolute Gasteiger partial charge is 0.125 e. The fourth-order valence-electron chi connectivity index (χ4n) is 2.51. The molecule has 1 heterocycles. The van der Waals surface area contributed by atoms with Crippen LogP contribution >= 0.6 is 0 Å². The minimum Gasteiger partial charge on any atom is -0.397 e. The molecule has 4 nitrogen and oxygen atoms in total. The Hall–Kier alpha value is -1.33.